The summed E-state index contributed by atoms with van der Waals surface area (Å²) in [6, 6.07) is 23.5. The van der Waals surface area contributed by atoms with Gasteiger partial charge in [0.25, 0.3) is 0 Å². The van der Waals surface area contributed by atoms with Gasteiger partial charge in [-0.3, -0.25) is 9.78 Å². The molecular formula is C30H27FN4O. The van der Waals surface area contributed by atoms with E-state index in [0.29, 0.717) is 13.0 Å². The Morgan fingerprint density at radius 2 is 1.61 bits per heavy atom. The molecule has 0 unspecified atom stereocenters. The molecule has 0 aliphatic rings. The number of aryl methyl sites for hydroxylation is 2. The van der Waals surface area contributed by atoms with E-state index in [0.717, 1.165) is 44.7 Å². The van der Waals surface area contributed by atoms with Gasteiger partial charge in [0.05, 0.1) is 11.0 Å². The molecule has 6 heteroatoms. The molecular weight excluding hydrogens is 451 g/mol. The molecule has 0 spiro atoms. The molecule has 2 aromatic heterocycles. The number of nitrogens with zero attached hydrogens (tertiary/aromatic N) is 3. The molecule has 36 heavy (non-hydrogen) atoms. The average Bonchev–Trinajstić information content (AvgIpc) is 3.22. The molecule has 2 heterocycles. The fraction of sp³-hybridized carbons (Fsp3) is 0.167. The van der Waals surface area contributed by atoms with Crippen LogP contribution in [0, 0.1) is 19.7 Å². The zero-order valence-corrected chi connectivity index (χ0v) is 20.3. The van der Waals surface area contributed by atoms with E-state index in [9.17, 15) is 9.18 Å². The van der Waals surface area contributed by atoms with Crippen molar-refractivity contribution in [1.29, 1.82) is 0 Å². The second-order valence-electron chi connectivity index (χ2n) is 9.01. The first kappa shape index (κ1) is 23.4. The third-order valence-electron chi connectivity index (χ3n) is 6.49. The summed E-state index contributed by atoms with van der Waals surface area (Å²) in [5, 5.41) is 3.11. The van der Waals surface area contributed by atoms with Crippen molar-refractivity contribution in [3.8, 4) is 0 Å². The third kappa shape index (κ3) is 4.89. The van der Waals surface area contributed by atoms with Crippen molar-refractivity contribution in [1.82, 2.24) is 19.9 Å². The van der Waals surface area contributed by atoms with E-state index in [2.05, 4.69) is 36.3 Å². The van der Waals surface area contributed by atoms with Crippen LogP contribution in [0.3, 0.4) is 0 Å². The van der Waals surface area contributed by atoms with E-state index < -0.39 is 6.04 Å². The van der Waals surface area contributed by atoms with Crippen LogP contribution in [0.2, 0.25) is 0 Å². The number of benzene rings is 3. The van der Waals surface area contributed by atoms with Crippen molar-refractivity contribution in [2.75, 3.05) is 0 Å². The van der Waals surface area contributed by atoms with Crippen LogP contribution >= 0.6 is 0 Å². The van der Waals surface area contributed by atoms with Gasteiger partial charge in [-0.15, -0.1) is 0 Å². The lowest BCUT2D eigenvalue weighted by molar-refractivity contribution is -0.123. The summed E-state index contributed by atoms with van der Waals surface area (Å²) in [5.74, 6) is 0.335. The van der Waals surface area contributed by atoms with Crippen LogP contribution in [-0.4, -0.2) is 20.4 Å². The van der Waals surface area contributed by atoms with E-state index in [4.69, 9.17) is 4.98 Å². The Labute approximate surface area is 209 Å². The highest BCUT2D eigenvalue weighted by Gasteiger charge is 2.27. The van der Waals surface area contributed by atoms with E-state index in [1.807, 2.05) is 47.0 Å². The van der Waals surface area contributed by atoms with E-state index in [-0.39, 0.29) is 11.7 Å². The number of rotatable bonds is 7. The summed E-state index contributed by atoms with van der Waals surface area (Å²) >= 11 is 0. The topological polar surface area (TPSA) is 59.8 Å². The second-order valence-corrected chi connectivity index (χ2v) is 9.01. The number of hydrogen-bond donors (Lipinski definition) is 1. The Hall–Kier alpha value is -4.32. The largest absolute Gasteiger partial charge is 0.350 e. The molecule has 5 nitrogen and oxygen atoms in total. The fourth-order valence-corrected chi connectivity index (χ4v) is 4.44. The predicted octanol–water partition coefficient (Wildman–Crippen LogP) is 5.68. The maximum atomic E-state index is 13.8. The van der Waals surface area contributed by atoms with Gasteiger partial charge in [-0.25, -0.2) is 9.37 Å². The molecule has 0 saturated carbocycles. The first-order valence-corrected chi connectivity index (χ1v) is 11.9. The summed E-state index contributed by atoms with van der Waals surface area (Å²) in [6.07, 6.45) is 3.89. The van der Waals surface area contributed by atoms with Crippen LogP contribution in [0.4, 0.5) is 4.39 Å². The molecule has 5 aromatic rings. The Morgan fingerprint density at radius 1 is 0.917 bits per heavy atom. The summed E-state index contributed by atoms with van der Waals surface area (Å²) in [5.41, 5.74) is 6.74. The molecule has 1 N–H and O–H groups in total. The lowest BCUT2D eigenvalue weighted by atomic mass is 10.0. The van der Waals surface area contributed by atoms with E-state index in [1.54, 1.807) is 24.5 Å². The molecule has 180 valence electrons. The molecule has 0 aliphatic carbocycles. The number of nitrogens with one attached hydrogen (secondary N) is 1. The summed E-state index contributed by atoms with van der Waals surface area (Å²) in [4.78, 5) is 22.8. The summed E-state index contributed by atoms with van der Waals surface area (Å²) in [6.45, 7) is 4.51. The number of halogens is 1. The highest BCUT2D eigenvalue weighted by Crippen LogP contribution is 2.30. The van der Waals surface area contributed by atoms with Gasteiger partial charge >= 0.3 is 0 Å². The smallest absolute Gasteiger partial charge is 0.248 e. The molecule has 0 aliphatic heterocycles. The summed E-state index contributed by atoms with van der Waals surface area (Å²) < 4.78 is 15.6. The van der Waals surface area contributed by atoms with Gasteiger partial charge in [0, 0.05) is 25.4 Å². The fourth-order valence-electron chi connectivity index (χ4n) is 4.44. The van der Waals surface area contributed by atoms with Gasteiger partial charge < -0.3 is 9.88 Å². The molecule has 0 fully saturated rings. The quantitative estimate of drug-likeness (QED) is 0.327. The van der Waals surface area contributed by atoms with Gasteiger partial charge in [0.2, 0.25) is 5.91 Å². The Kier molecular flexibility index (Phi) is 6.58. The van der Waals surface area contributed by atoms with Gasteiger partial charge in [-0.05, 0) is 78.1 Å². The molecule has 1 amide bonds. The lowest BCUT2D eigenvalue weighted by Gasteiger charge is -2.22. The van der Waals surface area contributed by atoms with Gasteiger partial charge in [0.1, 0.15) is 17.7 Å². The van der Waals surface area contributed by atoms with E-state index in [1.165, 1.54) is 12.1 Å². The molecule has 3 aromatic carbocycles. The maximum Gasteiger partial charge on any atom is 0.248 e. The Morgan fingerprint density at radius 3 is 2.33 bits per heavy atom. The van der Waals surface area contributed by atoms with Crippen molar-refractivity contribution < 1.29 is 9.18 Å². The molecule has 5 rings (SSSR count). The number of aromatic nitrogens is 3. The monoisotopic (exact) mass is 478 g/mol. The highest BCUT2D eigenvalue weighted by atomic mass is 19.1. The normalized spacial score (nSPS) is 12.0. The zero-order chi connectivity index (χ0) is 25.1. The zero-order valence-electron chi connectivity index (χ0n) is 20.3. The average molecular weight is 479 g/mol. The van der Waals surface area contributed by atoms with Crippen molar-refractivity contribution in [3.63, 3.8) is 0 Å². The third-order valence-corrected chi connectivity index (χ3v) is 6.49. The van der Waals surface area contributed by atoms with Crippen molar-refractivity contribution in [3.05, 3.63) is 131 Å². The SMILES string of the molecule is Cc1cc2nc(Cc3ccc(F)cc3)n([C@H](C(=O)NCc3ccncc3)c3ccccc3)c2cc1C. The minimum atomic E-state index is -0.629. The van der Waals surface area contributed by atoms with Crippen LogP contribution in [0.15, 0.2) is 91.3 Å². The maximum absolute atomic E-state index is 13.8. The molecule has 0 radical (unpaired) electrons. The minimum Gasteiger partial charge on any atom is -0.350 e. The number of pyridine rings is 1. The Bertz CT molecular complexity index is 1500. The van der Waals surface area contributed by atoms with Gasteiger partial charge in [0.15, 0.2) is 0 Å². The Balaban J connectivity index is 1.63. The number of carbonyl (C=O) groups is 1. The van der Waals surface area contributed by atoms with Crippen LogP contribution < -0.4 is 5.32 Å². The van der Waals surface area contributed by atoms with Gasteiger partial charge in [-0.1, -0.05) is 42.5 Å². The second kappa shape index (κ2) is 10.1. The first-order chi connectivity index (χ1) is 17.5. The minimum absolute atomic E-state index is 0.129. The van der Waals surface area contributed by atoms with E-state index >= 15 is 0 Å². The number of amides is 1. The van der Waals surface area contributed by atoms with Crippen LogP contribution in [0.5, 0.6) is 0 Å². The van der Waals surface area contributed by atoms with Crippen molar-refractivity contribution >= 4 is 16.9 Å². The predicted molar refractivity (Wildman–Crippen MR) is 139 cm³/mol. The van der Waals surface area contributed by atoms with Crippen LogP contribution in [0.25, 0.3) is 11.0 Å². The van der Waals surface area contributed by atoms with Crippen molar-refractivity contribution in [2.24, 2.45) is 0 Å². The molecule has 0 bridgehead atoms. The molecule has 1 atom stereocenters. The number of imidazole rings is 1. The summed E-state index contributed by atoms with van der Waals surface area (Å²) in [7, 11) is 0. The highest BCUT2D eigenvalue weighted by molar-refractivity contribution is 5.87. The molecule has 0 saturated heterocycles. The van der Waals surface area contributed by atoms with Crippen LogP contribution in [0.1, 0.15) is 39.7 Å². The number of hydrogen-bond acceptors (Lipinski definition) is 3. The van der Waals surface area contributed by atoms with Crippen LogP contribution in [-0.2, 0) is 17.8 Å². The number of fused-ring (bicyclic) bond motifs is 1. The number of carbonyl (C=O) groups excluding carboxylic acids is 1. The first-order valence-electron chi connectivity index (χ1n) is 11.9. The van der Waals surface area contributed by atoms with Crippen molar-refractivity contribution in [2.45, 2.75) is 32.9 Å². The lowest BCUT2D eigenvalue weighted by Crippen LogP contribution is -2.33. The van der Waals surface area contributed by atoms with Gasteiger partial charge in [-0.2, -0.15) is 0 Å². The standard InChI is InChI=1S/C30H27FN4O/c1-20-16-26-27(17-21(20)2)35(28(34-26)18-22-8-10-25(31)11-9-22)29(24-6-4-3-5-7-24)30(36)33-19-23-12-14-32-15-13-23/h3-17,29H,18-19H2,1-2H3,(H,33,36)/t29-/m0/s1.